The van der Waals surface area contributed by atoms with E-state index in [-0.39, 0.29) is 0 Å². The monoisotopic (exact) mass is 504 g/mol. The number of rotatable bonds is 7. The van der Waals surface area contributed by atoms with Crippen LogP contribution in [0.5, 0.6) is 0 Å². The van der Waals surface area contributed by atoms with Crippen molar-refractivity contribution in [3.05, 3.63) is 0 Å². The summed E-state index contributed by atoms with van der Waals surface area (Å²) in [5, 5.41) is 109. The Bertz CT molecular complexity index is 635. The first-order valence-corrected chi connectivity index (χ1v) is 10.6. The van der Waals surface area contributed by atoms with Crippen molar-refractivity contribution in [2.24, 2.45) is 0 Å². The van der Waals surface area contributed by atoms with Gasteiger partial charge in [0.15, 0.2) is 18.9 Å². The van der Waals surface area contributed by atoms with Crippen LogP contribution in [-0.4, -0.2) is 168 Å². The van der Waals surface area contributed by atoms with Gasteiger partial charge in [-0.1, -0.05) is 0 Å². The van der Waals surface area contributed by atoms with Gasteiger partial charge in [-0.2, -0.15) is 0 Å². The third kappa shape index (κ3) is 5.37. The largest absolute Gasteiger partial charge is 0.394 e. The van der Waals surface area contributed by atoms with Crippen molar-refractivity contribution in [1.82, 2.24) is 0 Å². The van der Waals surface area contributed by atoms with Gasteiger partial charge in [0.1, 0.15) is 73.2 Å². The van der Waals surface area contributed by atoms with Gasteiger partial charge < -0.3 is 79.9 Å². The fourth-order valence-electron chi connectivity index (χ4n) is 4.06. The molecule has 0 aromatic carbocycles. The zero-order chi connectivity index (χ0) is 25.3. The zero-order valence-corrected chi connectivity index (χ0v) is 17.7. The van der Waals surface area contributed by atoms with Gasteiger partial charge in [0.2, 0.25) is 0 Å². The van der Waals surface area contributed by atoms with Gasteiger partial charge in [0.25, 0.3) is 0 Å². The van der Waals surface area contributed by atoms with Crippen LogP contribution in [0.4, 0.5) is 0 Å². The second kappa shape index (κ2) is 11.6. The molecule has 0 radical (unpaired) electrons. The van der Waals surface area contributed by atoms with E-state index in [1.165, 1.54) is 0 Å². The number of aliphatic hydroxyl groups is 11. The average Bonchev–Trinajstić information content (AvgIpc) is 2.83. The molecule has 0 aromatic heterocycles. The summed E-state index contributed by atoms with van der Waals surface area (Å²) in [6.45, 7) is -2.32. The van der Waals surface area contributed by atoms with Crippen molar-refractivity contribution in [3.63, 3.8) is 0 Å². The summed E-state index contributed by atoms with van der Waals surface area (Å²) in [5.41, 5.74) is 0. The predicted octanol–water partition coefficient (Wildman–Crippen LogP) is -7.57. The van der Waals surface area contributed by atoms with E-state index in [1.54, 1.807) is 0 Å². The molecule has 3 saturated heterocycles. The van der Waals surface area contributed by atoms with Crippen molar-refractivity contribution >= 4 is 0 Å². The predicted molar refractivity (Wildman–Crippen MR) is 101 cm³/mol. The lowest BCUT2D eigenvalue weighted by molar-refractivity contribution is -0.377. The third-order valence-corrected chi connectivity index (χ3v) is 6.09. The zero-order valence-electron chi connectivity index (χ0n) is 17.7. The number of hydrogen-bond acceptors (Lipinski definition) is 16. The van der Waals surface area contributed by atoms with E-state index < -0.39 is 112 Å². The van der Waals surface area contributed by atoms with Crippen LogP contribution in [0.25, 0.3) is 0 Å². The van der Waals surface area contributed by atoms with Crippen LogP contribution in [0.1, 0.15) is 0 Å². The van der Waals surface area contributed by atoms with Crippen LogP contribution in [-0.2, 0) is 23.7 Å². The van der Waals surface area contributed by atoms with E-state index in [4.69, 9.17) is 23.7 Å². The Labute approximate surface area is 192 Å². The Balaban J connectivity index is 1.72. The average molecular weight is 504 g/mol. The Morgan fingerprint density at radius 3 is 1.35 bits per heavy atom. The molecule has 0 bridgehead atoms. The normalized spacial score (nSPS) is 52.5. The molecule has 34 heavy (non-hydrogen) atoms. The topological polar surface area (TPSA) is 269 Å². The van der Waals surface area contributed by atoms with E-state index in [1.807, 2.05) is 0 Å². The maximum Gasteiger partial charge on any atom is 0.187 e. The van der Waals surface area contributed by atoms with E-state index in [9.17, 15) is 56.2 Å². The molecule has 0 aliphatic carbocycles. The Kier molecular flexibility index (Phi) is 9.54. The minimum Gasteiger partial charge on any atom is -0.394 e. The minimum absolute atomic E-state index is 0.741. The van der Waals surface area contributed by atoms with Gasteiger partial charge in [-0.15, -0.1) is 0 Å². The Hall–Kier alpha value is -0.640. The number of hydrogen-bond donors (Lipinski definition) is 11. The summed E-state index contributed by atoms with van der Waals surface area (Å²) in [7, 11) is 0. The summed E-state index contributed by atoms with van der Waals surface area (Å²) in [6.07, 6.45) is -25.1. The lowest BCUT2D eigenvalue weighted by Crippen LogP contribution is -2.66. The molecule has 3 rings (SSSR count). The van der Waals surface area contributed by atoms with Crippen LogP contribution in [0.15, 0.2) is 0 Å². The number of aliphatic hydroxyl groups excluding tert-OH is 11. The second-order valence-electron chi connectivity index (χ2n) is 8.33. The standard InChI is InChI=1S/C18H32O16/c19-1-4-7(22)8(23)12(27)17(31-4)34-15-6(3-21)32-18(13(28)10(15)25)33-14-5(2-20)30-16(29)11(26)9(14)24/h4-29H,1-3H2/t4-,5-,6-,7-,8+,9?,10-,11?,12-,13?,14-,15-,16?,17?,18?/m1/s1. The van der Waals surface area contributed by atoms with Gasteiger partial charge in [-0.05, 0) is 0 Å². The molecule has 3 aliphatic rings. The van der Waals surface area contributed by atoms with E-state index in [0.717, 1.165) is 0 Å². The molecule has 3 heterocycles. The summed E-state index contributed by atoms with van der Waals surface area (Å²) < 4.78 is 26.4. The highest BCUT2D eigenvalue weighted by atomic mass is 16.8. The van der Waals surface area contributed by atoms with E-state index in [0.29, 0.717) is 0 Å². The Morgan fingerprint density at radius 1 is 0.441 bits per heavy atom. The molecule has 6 unspecified atom stereocenters. The molecule has 11 N–H and O–H groups in total. The number of ether oxygens (including phenoxy) is 5. The van der Waals surface area contributed by atoms with Gasteiger partial charge in [0.05, 0.1) is 19.8 Å². The van der Waals surface area contributed by atoms with Gasteiger partial charge in [-0.25, -0.2) is 0 Å². The Morgan fingerprint density at radius 2 is 0.853 bits per heavy atom. The highest BCUT2D eigenvalue weighted by Crippen LogP contribution is 2.32. The molecular formula is C18H32O16. The molecule has 0 amide bonds. The van der Waals surface area contributed by atoms with Crippen LogP contribution >= 0.6 is 0 Å². The molecular weight excluding hydrogens is 472 g/mol. The minimum atomic E-state index is -1.91. The molecule has 200 valence electrons. The molecule has 0 saturated carbocycles. The smallest absolute Gasteiger partial charge is 0.187 e. The summed E-state index contributed by atoms with van der Waals surface area (Å²) in [5.74, 6) is 0. The van der Waals surface area contributed by atoms with Gasteiger partial charge in [-0.3, -0.25) is 0 Å². The van der Waals surface area contributed by atoms with E-state index >= 15 is 0 Å². The fraction of sp³-hybridized carbons (Fsp3) is 1.00. The van der Waals surface area contributed by atoms with Gasteiger partial charge in [0, 0.05) is 0 Å². The maximum atomic E-state index is 10.6. The van der Waals surface area contributed by atoms with Crippen molar-refractivity contribution < 1.29 is 79.9 Å². The first-order chi connectivity index (χ1) is 16.0. The van der Waals surface area contributed by atoms with Crippen molar-refractivity contribution in [2.45, 2.75) is 92.1 Å². The first kappa shape index (κ1) is 27.9. The summed E-state index contributed by atoms with van der Waals surface area (Å²) >= 11 is 0. The molecule has 15 atom stereocenters. The van der Waals surface area contributed by atoms with Crippen molar-refractivity contribution in [1.29, 1.82) is 0 Å². The highest BCUT2D eigenvalue weighted by Gasteiger charge is 2.53. The molecule has 16 heteroatoms. The molecule has 3 fully saturated rings. The lowest BCUT2D eigenvalue weighted by Gasteiger charge is -2.47. The van der Waals surface area contributed by atoms with Crippen molar-refractivity contribution in [3.8, 4) is 0 Å². The van der Waals surface area contributed by atoms with Crippen LogP contribution in [0.3, 0.4) is 0 Å². The summed E-state index contributed by atoms with van der Waals surface area (Å²) in [6, 6.07) is 0. The van der Waals surface area contributed by atoms with Crippen LogP contribution in [0, 0.1) is 0 Å². The first-order valence-electron chi connectivity index (χ1n) is 10.6. The van der Waals surface area contributed by atoms with Crippen LogP contribution in [0.2, 0.25) is 0 Å². The quantitative estimate of drug-likeness (QED) is 0.154. The molecule has 0 spiro atoms. The maximum absolute atomic E-state index is 10.6. The third-order valence-electron chi connectivity index (χ3n) is 6.09. The molecule has 16 nitrogen and oxygen atoms in total. The highest BCUT2D eigenvalue weighted by molar-refractivity contribution is 4.96. The fourth-order valence-corrected chi connectivity index (χ4v) is 4.06. The summed E-state index contributed by atoms with van der Waals surface area (Å²) in [4.78, 5) is 0. The lowest BCUT2D eigenvalue weighted by atomic mass is 9.96. The molecule has 3 aliphatic heterocycles. The van der Waals surface area contributed by atoms with Crippen LogP contribution < -0.4 is 0 Å². The second-order valence-corrected chi connectivity index (χ2v) is 8.33. The van der Waals surface area contributed by atoms with Crippen molar-refractivity contribution in [2.75, 3.05) is 19.8 Å². The SMILES string of the molecule is OC[C@H]1OC(O[C@H]2[C@H](O)C(O)C(O[C@H]3C(O)C(O)C(O)O[C@@H]3CO)O[C@@H]2CO)[C@H](O)[C@@H](O)[C@@H]1O. The van der Waals surface area contributed by atoms with Gasteiger partial charge >= 0.3 is 0 Å². The molecule has 0 aromatic rings. The van der Waals surface area contributed by atoms with E-state index in [2.05, 4.69) is 0 Å².